The molecule has 0 saturated carbocycles. The summed E-state index contributed by atoms with van der Waals surface area (Å²) in [4.78, 5) is 13.0. The predicted molar refractivity (Wildman–Crippen MR) is 133 cm³/mol. The summed E-state index contributed by atoms with van der Waals surface area (Å²) in [5.74, 6) is 0.664. The highest BCUT2D eigenvalue weighted by Crippen LogP contribution is 2.20. The van der Waals surface area contributed by atoms with Crippen molar-refractivity contribution in [3.05, 3.63) is 89.4 Å². The third-order valence-electron chi connectivity index (χ3n) is 4.35. The Morgan fingerprint density at radius 1 is 0.765 bits per heavy atom. The molecule has 4 aromatic rings. The lowest BCUT2D eigenvalue weighted by molar-refractivity contribution is 0.598. The average molecular weight is 495 g/mol. The van der Waals surface area contributed by atoms with Crippen molar-refractivity contribution in [3.8, 4) is 0 Å². The van der Waals surface area contributed by atoms with Gasteiger partial charge in [-0.15, -0.1) is 0 Å². The Morgan fingerprint density at radius 3 is 1.91 bits per heavy atom. The first-order valence-corrected chi connectivity index (χ1v) is 11.8. The largest absolute Gasteiger partial charge is 0.324 e. The molecular weight excluding hydrogens is 476 g/mol. The molecule has 0 radical (unpaired) electrons. The molecule has 0 aliphatic heterocycles. The molecule has 0 fully saturated rings. The van der Waals surface area contributed by atoms with Gasteiger partial charge in [-0.3, -0.25) is 0 Å². The molecule has 0 saturated heterocycles. The smallest absolute Gasteiger partial charge is 0.250 e. The maximum absolute atomic E-state index is 11.5. The molecule has 10 nitrogen and oxygen atoms in total. The van der Waals surface area contributed by atoms with Crippen LogP contribution < -0.4 is 21.2 Å². The quantitative estimate of drug-likeness (QED) is 0.211. The molecule has 0 bridgehead atoms. The summed E-state index contributed by atoms with van der Waals surface area (Å²) >= 11 is 5.90. The van der Waals surface area contributed by atoms with E-state index in [0.29, 0.717) is 10.7 Å². The molecule has 0 aliphatic carbocycles. The van der Waals surface area contributed by atoms with E-state index in [9.17, 15) is 8.42 Å². The van der Waals surface area contributed by atoms with Gasteiger partial charge in [0.2, 0.25) is 27.9 Å². The van der Waals surface area contributed by atoms with Crippen LogP contribution in [0.1, 0.15) is 5.56 Å². The Bertz CT molecular complexity index is 1400. The zero-order valence-corrected chi connectivity index (χ0v) is 19.1. The molecular formula is C22H19ClN8O2S. The molecule has 0 unspecified atom stereocenters. The number of nitrogens with two attached hydrogens (primary N) is 1. The Labute approximate surface area is 201 Å². The maximum atomic E-state index is 11.5. The van der Waals surface area contributed by atoms with Crippen LogP contribution in [-0.2, 0) is 10.0 Å². The van der Waals surface area contributed by atoms with Crippen LogP contribution in [0.4, 0.5) is 29.2 Å². The topological polar surface area (TPSA) is 147 Å². The Morgan fingerprint density at radius 2 is 1.32 bits per heavy atom. The van der Waals surface area contributed by atoms with Gasteiger partial charge >= 0.3 is 0 Å². The number of para-hydroxylation sites is 1. The lowest BCUT2D eigenvalue weighted by atomic mass is 10.2. The van der Waals surface area contributed by atoms with Gasteiger partial charge in [0.25, 0.3) is 0 Å². The minimum Gasteiger partial charge on any atom is -0.324 e. The van der Waals surface area contributed by atoms with Crippen LogP contribution in [0.15, 0.2) is 88.9 Å². The van der Waals surface area contributed by atoms with Gasteiger partial charge in [-0.25, -0.2) is 19.0 Å². The fourth-order valence-corrected chi connectivity index (χ4v) is 3.40. The number of benzene rings is 3. The normalized spacial score (nSPS) is 11.4. The van der Waals surface area contributed by atoms with Crippen molar-refractivity contribution in [2.45, 2.75) is 4.90 Å². The van der Waals surface area contributed by atoms with E-state index >= 15 is 0 Å². The number of sulfonamides is 1. The van der Waals surface area contributed by atoms with Crippen LogP contribution in [0.25, 0.3) is 0 Å². The summed E-state index contributed by atoms with van der Waals surface area (Å²) in [6.07, 6.45) is 1.60. The second-order valence-electron chi connectivity index (χ2n) is 6.91. The number of primary sulfonamides is 1. The van der Waals surface area contributed by atoms with Crippen molar-refractivity contribution in [3.63, 3.8) is 0 Å². The number of nitrogens with zero attached hydrogens (tertiary/aromatic N) is 4. The van der Waals surface area contributed by atoms with Crippen molar-refractivity contribution in [1.82, 2.24) is 15.0 Å². The van der Waals surface area contributed by atoms with Gasteiger partial charge in [0.1, 0.15) is 0 Å². The molecule has 5 N–H and O–H groups in total. The van der Waals surface area contributed by atoms with Gasteiger partial charge in [-0.2, -0.15) is 20.1 Å². The fourth-order valence-electron chi connectivity index (χ4n) is 2.76. The first kappa shape index (κ1) is 23.1. The van der Waals surface area contributed by atoms with Crippen LogP contribution in [0.3, 0.4) is 0 Å². The van der Waals surface area contributed by atoms with Gasteiger partial charge in [-0.1, -0.05) is 41.9 Å². The summed E-state index contributed by atoms with van der Waals surface area (Å²) in [6, 6.07) is 22.4. The minimum absolute atomic E-state index is 0.000905. The lowest BCUT2D eigenvalue weighted by Crippen LogP contribution is -2.12. The molecule has 4 rings (SSSR count). The van der Waals surface area contributed by atoms with Gasteiger partial charge in [0.05, 0.1) is 11.1 Å². The van der Waals surface area contributed by atoms with E-state index in [-0.39, 0.29) is 22.7 Å². The molecule has 3 aromatic carbocycles. The van der Waals surface area contributed by atoms with Crippen LogP contribution in [0.5, 0.6) is 0 Å². The van der Waals surface area contributed by atoms with Crippen LogP contribution in [0, 0.1) is 0 Å². The number of hydrogen-bond acceptors (Lipinski definition) is 9. The van der Waals surface area contributed by atoms with E-state index in [1.165, 1.54) is 12.1 Å². The molecule has 0 aliphatic rings. The monoisotopic (exact) mass is 494 g/mol. The number of hydrazone groups is 1. The van der Waals surface area contributed by atoms with Crippen LogP contribution >= 0.6 is 11.6 Å². The van der Waals surface area contributed by atoms with E-state index in [2.05, 4.69) is 36.1 Å². The molecule has 0 atom stereocenters. The summed E-state index contributed by atoms with van der Waals surface area (Å²) in [6.45, 7) is 0. The fraction of sp³-hybridized carbons (Fsp3) is 0. The standard InChI is InChI=1S/C22H19ClN8O2S/c23-16-8-6-15(7-9-16)14-25-31-22-29-20(26-17-4-2-1-3-5-17)28-21(30-22)27-18-10-12-19(13-11-18)34(24,32)33/h1-14H,(H2,24,32,33)(H3,26,27,28,29,30,31)/b25-14+. The molecule has 0 spiro atoms. The number of anilines is 5. The van der Waals surface area contributed by atoms with Crippen LogP contribution in [0.2, 0.25) is 5.02 Å². The third-order valence-corrected chi connectivity index (χ3v) is 5.53. The highest BCUT2D eigenvalue weighted by Gasteiger charge is 2.10. The lowest BCUT2D eigenvalue weighted by Gasteiger charge is -2.10. The van der Waals surface area contributed by atoms with Crippen molar-refractivity contribution in [2.75, 3.05) is 16.1 Å². The van der Waals surface area contributed by atoms with Gasteiger partial charge in [0.15, 0.2) is 0 Å². The average Bonchev–Trinajstić information content (AvgIpc) is 2.81. The number of nitrogens with one attached hydrogen (secondary N) is 3. The molecule has 1 aromatic heterocycles. The highest BCUT2D eigenvalue weighted by atomic mass is 35.5. The first-order valence-electron chi connectivity index (χ1n) is 9.88. The maximum Gasteiger partial charge on any atom is 0.250 e. The van der Waals surface area contributed by atoms with E-state index in [1.807, 2.05) is 42.5 Å². The molecule has 34 heavy (non-hydrogen) atoms. The van der Waals surface area contributed by atoms with Gasteiger partial charge in [0, 0.05) is 16.4 Å². The second kappa shape index (κ2) is 10.3. The summed E-state index contributed by atoms with van der Waals surface area (Å²) in [5.41, 5.74) is 4.96. The first-order chi connectivity index (χ1) is 16.3. The number of halogens is 1. The van der Waals surface area contributed by atoms with E-state index in [1.54, 1.807) is 30.5 Å². The molecule has 1 heterocycles. The number of aromatic nitrogens is 3. The Kier molecular flexibility index (Phi) is 6.97. The molecule has 0 amide bonds. The van der Waals surface area contributed by atoms with E-state index in [0.717, 1.165) is 11.3 Å². The summed E-state index contributed by atoms with van der Waals surface area (Å²) in [5, 5.41) is 16.1. The minimum atomic E-state index is -3.79. The van der Waals surface area contributed by atoms with Crippen molar-refractivity contribution in [2.24, 2.45) is 10.2 Å². The van der Waals surface area contributed by atoms with E-state index in [4.69, 9.17) is 16.7 Å². The zero-order valence-electron chi connectivity index (χ0n) is 17.6. The van der Waals surface area contributed by atoms with E-state index < -0.39 is 10.0 Å². The molecule has 172 valence electrons. The van der Waals surface area contributed by atoms with Crippen LogP contribution in [-0.4, -0.2) is 29.6 Å². The number of rotatable bonds is 8. The highest BCUT2D eigenvalue weighted by molar-refractivity contribution is 7.89. The van der Waals surface area contributed by atoms with Gasteiger partial charge < -0.3 is 10.6 Å². The van der Waals surface area contributed by atoms with Crippen molar-refractivity contribution < 1.29 is 8.42 Å². The Balaban J connectivity index is 1.57. The Hall–Kier alpha value is -4.06. The predicted octanol–water partition coefficient (Wildman–Crippen LogP) is 4.11. The van der Waals surface area contributed by atoms with Gasteiger partial charge in [-0.05, 0) is 54.1 Å². The zero-order chi connectivity index (χ0) is 24.0. The number of hydrogen-bond donors (Lipinski definition) is 4. The second-order valence-corrected chi connectivity index (χ2v) is 8.91. The summed E-state index contributed by atoms with van der Waals surface area (Å²) in [7, 11) is -3.79. The third kappa shape index (κ3) is 6.48. The molecule has 12 heteroatoms. The van der Waals surface area contributed by atoms with Crippen molar-refractivity contribution in [1.29, 1.82) is 0 Å². The SMILES string of the molecule is NS(=O)(=O)c1ccc(Nc2nc(N/N=C/c3ccc(Cl)cc3)nc(Nc3ccccc3)n2)cc1. The summed E-state index contributed by atoms with van der Waals surface area (Å²) < 4.78 is 22.9. The van der Waals surface area contributed by atoms with Crippen molar-refractivity contribution >= 4 is 57.1 Å².